The van der Waals surface area contributed by atoms with E-state index in [1.54, 1.807) is 6.92 Å². The molecule has 1 aromatic rings. The third kappa shape index (κ3) is 2.70. The van der Waals surface area contributed by atoms with Gasteiger partial charge in [-0.3, -0.25) is 0 Å². The summed E-state index contributed by atoms with van der Waals surface area (Å²) in [5.41, 5.74) is 5.25. The van der Waals surface area contributed by atoms with Gasteiger partial charge < -0.3 is 15.9 Å². The quantitative estimate of drug-likeness (QED) is 0.237. The SMILES string of the molecule is Cc1ncc(S(=O)(=O)NC(C)C(N)=NO)[nH]1. The molecule has 90 valence electrons. The lowest BCUT2D eigenvalue weighted by atomic mass is 10.3. The maximum atomic E-state index is 11.7. The average Bonchev–Trinajstić information content (AvgIpc) is 2.63. The lowest BCUT2D eigenvalue weighted by Gasteiger charge is -2.11. The van der Waals surface area contributed by atoms with Gasteiger partial charge in [-0.05, 0) is 13.8 Å². The van der Waals surface area contributed by atoms with Gasteiger partial charge in [-0.2, -0.15) is 4.72 Å². The van der Waals surface area contributed by atoms with Crippen molar-refractivity contribution in [3.8, 4) is 0 Å². The van der Waals surface area contributed by atoms with Gasteiger partial charge in [-0.15, -0.1) is 0 Å². The Labute approximate surface area is 92.6 Å². The zero-order chi connectivity index (χ0) is 12.3. The minimum atomic E-state index is -3.73. The smallest absolute Gasteiger partial charge is 0.258 e. The van der Waals surface area contributed by atoms with E-state index in [1.807, 2.05) is 0 Å². The summed E-state index contributed by atoms with van der Waals surface area (Å²) in [5.74, 6) is 0.261. The lowest BCUT2D eigenvalue weighted by Crippen LogP contribution is -2.42. The highest BCUT2D eigenvalue weighted by molar-refractivity contribution is 7.89. The Balaban J connectivity index is 2.89. The van der Waals surface area contributed by atoms with Crippen molar-refractivity contribution in [2.45, 2.75) is 24.9 Å². The molecule has 0 saturated carbocycles. The highest BCUT2D eigenvalue weighted by Gasteiger charge is 2.21. The van der Waals surface area contributed by atoms with Crippen LogP contribution >= 0.6 is 0 Å². The Hall–Kier alpha value is -1.61. The van der Waals surface area contributed by atoms with E-state index in [0.717, 1.165) is 0 Å². The van der Waals surface area contributed by atoms with Gasteiger partial charge in [-0.25, -0.2) is 13.4 Å². The van der Waals surface area contributed by atoms with Crippen molar-refractivity contribution >= 4 is 15.9 Å². The van der Waals surface area contributed by atoms with Gasteiger partial charge in [0.1, 0.15) is 5.82 Å². The van der Waals surface area contributed by atoms with Gasteiger partial charge in [0.15, 0.2) is 10.9 Å². The third-order valence-electron chi connectivity index (χ3n) is 1.86. The highest BCUT2D eigenvalue weighted by Crippen LogP contribution is 2.05. The Bertz CT molecular complexity index is 492. The molecular weight excluding hydrogens is 234 g/mol. The van der Waals surface area contributed by atoms with Gasteiger partial charge in [0.25, 0.3) is 10.0 Å². The first-order chi connectivity index (χ1) is 7.36. The molecule has 9 heteroatoms. The van der Waals surface area contributed by atoms with E-state index >= 15 is 0 Å². The van der Waals surface area contributed by atoms with Crippen LogP contribution in [0.5, 0.6) is 0 Å². The number of imidazole rings is 1. The summed E-state index contributed by atoms with van der Waals surface area (Å²) in [4.78, 5) is 6.34. The van der Waals surface area contributed by atoms with Crippen molar-refractivity contribution in [2.75, 3.05) is 0 Å². The van der Waals surface area contributed by atoms with E-state index in [-0.39, 0.29) is 10.9 Å². The summed E-state index contributed by atoms with van der Waals surface area (Å²) in [6, 6.07) is -0.807. The van der Waals surface area contributed by atoms with Crippen LogP contribution < -0.4 is 10.5 Å². The first-order valence-corrected chi connectivity index (χ1v) is 5.86. The predicted molar refractivity (Wildman–Crippen MR) is 56.5 cm³/mol. The lowest BCUT2D eigenvalue weighted by molar-refractivity contribution is 0.316. The average molecular weight is 247 g/mol. The van der Waals surface area contributed by atoms with Crippen molar-refractivity contribution in [1.82, 2.24) is 14.7 Å². The van der Waals surface area contributed by atoms with E-state index in [2.05, 4.69) is 19.8 Å². The summed E-state index contributed by atoms with van der Waals surface area (Å²) in [6.45, 7) is 3.09. The molecule has 8 nitrogen and oxygen atoms in total. The van der Waals surface area contributed by atoms with Crippen LogP contribution in [0.25, 0.3) is 0 Å². The summed E-state index contributed by atoms with van der Waals surface area (Å²) in [7, 11) is -3.73. The molecular formula is C7H13N5O3S. The van der Waals surface area contributed by atoms with Gasteiger partial charge >= 0.3 is 0 Å². The maximum absolute atomic E-state index is 11.7. The molecule has 0 saturated heterocycles. The van der Waals surface area contributed by atoms with E-state index < -0.39 is 16.1 Å². The number of hydrogen-bond acceptors (Lipinski definition) is 5. The molecule has 1 rings (SSSR count). The molecule has 0 radical (unpaired) electrons. The molecule has 0 aromatic carbocycles. The second-order valence-electron chi connectivity index (χ2n) is 3.20. The first-order valence-electron chi connectivity index (χ1n) is 4.38. The standard InChI is InChI=1S/C7H13N5O3S/c1-4(7(8)11-13)12-16(14,15)6-3-9-5(2)10-6/h3-4,12-13H,1-2H3,(H2,8,11)(H,9,10). The van der Waals surface area contributed by atoms with Crippen molar-refractivity contribution in [2.24, 2.45) is 10.9 Å². The number of aromatic nitrogens is 2. The van der Waals surface area contributed by atoms with Crippen LogP contribution in [0.4, 0.5) is 0 Å². The fourth-order valence-electron chi connectivity index (χ4n) is 0.978. The number of aromatic amines is 1. The summed E-state index contributed by atoms with van der Waals surface area (Å²) in [6.07, 6.45) is 1.19. The van der Waals surface area contributed by atoms with Gasteiger partial charge in [0.05, 0.1) is 12.2 Å². The van der Waals surface area contributed by atoms with Crippen LogP contribution in [0.15, 0.2) is 16.4 Å². The Morgan fingerprint density at radius 3 is 2.81 bits per heavy atom. The summed E-state index contributed by atoms with van der Waals surface area (Å²) >= 11 is 0. The van der Waals surface area contributed by atoms with Crippen LogP contribution in [0.2, 0.25) is 0 Å². The van der Waals surface area contributed by atoms with Gasteiger partial charge in [0, 0.05) is 0 Å². The van der Waals surface area contributed by atoms with Crippen molar-refractivity contribution < 1.29 is 13.6 Å². The molecule has 0 aliphatic carbocycles. The number of sulfonamides is 1. The number of aryl methyl sites for hydroxylation is 1. The Morgan fingerprint density at radius 1 is 1.75 bits per heavy atom. The minimum absolute atomic E-state index is 0.0670. The molecule has 0 bridgehead atoms. The number of nitrogens with zero attached hydrogens (tertiary/aromatic N) is 2. The molecule has 0 spiro atoms. The van der Waals surface area contributed by atoms with E-state index in [0.29, 0.717) is 5.82 Å². The van der Waals surface area contributed by atoms with Crippen LogP contribution in [0.3, 0.4) is 0 Å². The van der Waals surface area contributed by atoms with Crippen LogP contribution in [-0.2, 0) is 10.0 Å². The number of rotatable bonds is 4. The molecule has 1 unspecified atom stereocenters. The van der Waals surface area contributed by atoms with Crippen molar-refractivity contribution in [3.05, 3.63) is 12.0 Å². The van der Waals surface area contributed by atoms with Crippen LogP contribution in [-0.4, -0.2) is 35.5 Å². The van der Waals surface area contributed by atoms with Gasteiger partial charge in [-0.1, -0.05) is 5.16 Å². The zero-order valence-corrected chi connectivity index (χ0v) is 9.61. The number of nitrogens with one attached hydrogen (secondary N) is 2. The number of H-pyrrole nitrogens is 1. The van der Waals surface area contributed by atoms with Crippen LogP contribution in [0.1, 0.15) is 12.7 Å². The largest absolute Gasteiger partial charge is 0.409 e. The monoisotopic (exact) mass is 247 g/mol. The van der Waals surface area contributed by atoms with Crippen molar-refractivity contribution in [3.63, 3.8) is 0 Å². The van der Waals surface area contributed by atoms with E-state index in [1.165, 1.54) is 13.1 Å². The molecule has 16 heavy (non-hydrogen) atoms. The second-order valence-corrected chi connectivity index (χ2v) is 4.88. The fraction of sp³-hybridized carbons (Fsp3) is 0.429. The Morgan fingerprint density at radius 2 is 2.38 bits per heavy atom. The third-order valence-corrected chi connectivity index (χ3v) is 3.31. The molecule has 5 N–H and O–H groups in total. The van der Waals surface area contributed by atoms with E-state index in [4.69, 9.17) is 10.9 Å². The van der Waals surface area contributed by atoms with Gasteiger partial charge in [0.2, 0.25) is 0 Å². The Kier molecular flexibility index (Phi) is 3.50. The normalized spacial score (nSPS) is 15.0. The van der Waals surface area contributed by atoms with Crippen LogP contribution in [0, 0.1) is 6.92 Å². The fourth-order valence-corrected chi connectivity index (χ4v) is 2.16. The molecule has 0 amide bonds. The molecule has 0 fully saturated rings. The van der Waals surface area contributed by atoms with Crippen molar-refractivity contribution in [1.29, 1.82) is 0 Å². The molecule has 0 aliphatic rings. The highest BCUT2D eigenvalue weighted by atomic mass is 32.2. The zero-order valence-electron chi connectivity index (χ0n) is 8.80. The number of amidine groups is 1. The first kappa shape index (κ1) is 12.5. The maximum Gasteiger partial charge on any atom is 0.258 e. The minimum Gasteiger partial charge on any atom is -0.409 e. The molecule has 1 aromatic heterocycles. The topological polar surface area (TPSA) is 133 Å². The molecule has 1 atom stereocenters. The molecule has 0 aliphatic heterocycles. The summed E-state index contributed by atoms with van der Waals surface area (Å²) < 4.78 is 25.6. The number of hydrogen-bond donors (Lipinski definition) is 4. The number of oxime groups is 1. The summed E-state index contributed by atoms with van der Waals surface area (Å²) in [5, 5.41) is 11.0. The second kappa shape index (κ2) is 4.49. The number of nitrogens with two attached hydrogens (primary N) is 1. The molecule has 1 heterocycles. The van der Waals surface area contributed by atoms with E-state index in [9.17, 15) is 8.42 Å². The predicted octanol–water partition coefficient (Wildman–Crippen LogP) is -0.869.